The van der Waals surface area contributed by atoms with Gasteiger partial charge in [0, 0.05) is 12.8 Å². The number of benzene rings is 2. The minimum Gasteiger partial charge on any atom is -0.306 e. The molecule has 5 nitrogen and oxygen atoms in total. The molecule has 1 aliphatic rings. The predicted molar refractivity (Wildman–Crippen MR) is 129 cm³/mol. The van der Waals surface area contributed by atoms with Crippen LogP contribution in [-0.4, -0.2) is 32.4 Å². The first kappa shape index (κ1) is 28.0. The van der Waals surface area contributed by atoms with Gasteiger partial charge in [0.2, 0.25) is 0 Å². The number of nitriles is 1. The molecule has 2 N–H and O–H groups in total. The number of alkyl halides is 4. The Morgan fingerprint density at radius 3 is 2.03 bits per heavy atom. The monoisotopic (exact) mass is 524 g/mol. The second-order valence-corrected chi connectivity index (χ2v) is 10.9. The summed E-state index contributed by atoms with van der Waals surface area (Å²) in [7, 11) is 0. The third-order valence-electron chi connectivity index (χ3n) is 6.20. The molecule has 1 fully saturated rings. The summed E-state index contributed by atoms with van der Waals surface area (Å²) in [6.45, 7) is 2.40. The van der Waals surface area contributed by atoms with Gasteiger partial charge < -0.3 is 4.55 Å². The van der Waals surface area contributed by atoms with E-state index in [1.54, 1.807) is 24.3 Å². The summed E-state index contributed by atoms with van der Waals surface area (Å²) in [5, 5.41) is 11.6. The molecule has 0 spiro atoms. The van der Waals surface area contributed by atoms with E-state index >= 15 is 0 Å². The quantitative estimate of drug-likeness (QED) is 0.276. The van der Waals surface area contributed by atoms with Crippen LogP contribution in [0.5, 0.6) is 0 Å². The number of halogens is 4. The van der Waals surface area contributed by atoms with Crippen molar-refractivity contribution in [2.45, 2.75) is 69.2 Å². The minimum absolute atomic E-state index is 0.0246. The molecule has 0 aromatic heterocycles. The highest BCUT2D eigenvalue weighted by Gasteiger charge is 2.48. The Kier molecular flexibility index (Phi) is 8.38. The number of nitrogens with one attached hydrogen (secondary N) is 1. The van der Waals surface area contributed by atoms with E-state index in [1.807, 2.05) is 0 Å². The zero-order chi connectivity index (χ0) is 26.7. The molecule has 1 unspecified atom stereocenters. The highest BCUT2D eigenvalue weighted by molar-refractivity contribution is 7.78. The van der Waals surface area contributed by atoms with Crippen molar-refractivity contribution in [1.82, 2.24) is 5.32 Å². The summed E-state index contributed by atoms with van der Waals surface area (Å²) >= 11 is -1.98. The van der Waals surface area contributed by atoms with E-state index in [-0.39, 0.29) is 17.7 Å². The predicted octanol–water partition coefficient (Wildman–Crippen LogP) is 6.04. The number of Topliss-reactive ketones (excluding diaryl/α,β-unsaturated/α-hetero) is 1. The molecule has 3 rings (SSSR count). The van der Waals surface area contributed by atoms with Gasteiger partial charge in [0.1, 0.15) is 11.7 Å². The number of ketones is 1. The zero-order valence-corrected chi connectivity index (χ0v) is 20.8. The summed E-state index contributed by atoms with van der Waals surface area (Å²) in [5.41, 5.74) is -0.884. The van der Waals surface area contributed by atoms with Gasteiger partial charge in [-0.2, -0.15) is 18.4 Å². The van der Waals surface area contributed by atoms with E-state index in [0.29, 0.717) is 29.5 Å². The van der Waals surface area contributed by atoms with E-state index in [1.165, 1.54) is 38.1 Å². The maximum atomic E-state index is 14.4. The number of hydrogen-bond donors (Lipinski definition) is 2. The second kappa shape index (κ2) is 10.8. The minimum atomic E-state index is -4.76. The van der Waals surface area contributed by atoms with Crippen LogP contribution in [-0.2, 0) is 21.6 Å². The normalized spacial score (nSPS) is 17.6. The van der Waals surface area contributed by atoms with Crippen LogP contribution in [0, 0.1) is 16.7 Å². The molecule has 2 aromatic rings. The zero-order valence-electron chi connectivity index (χ0n) is 19.9. The van der Waals surface area contributed by atoms with Crippen molar-refractivity contribution in [2.24, 2.45) is 5.41 Å². The van der Waals surface area contributed by atoms with Crippen molar-refractivity contribution in [1.29, 1.82) is 5.26 Å². The molecule has 0 aliphatic heterocycles. The molecular weight excluding hydrogens is 496 g/mol. The lowest BCUT2D eigenvalue weighted by Gasteiger charge is -2.30. The van der Waals surface area contributed by atoms with E-state index in [2.05, 4.69) is 11.4 Å². The van der Waals surface area contributed by atoms with E-state index in [9.17, 15) is 31.8 Å². The lowest BCUT2D eigenvalue weighted by atomic mass is 9.90. The first-order valence-electron chi connectivity index (χ1n) is 11.4. The topological polar surface area (TPSA) is 90.2 Å². The molecule has 2 aromatic carbocycles. The molecular formula is C26H28F4N2O3S. The van der Waals surface area contributed by atoms with Crippen LogP contribution in [0.25, 0.3) is 11.1 Å². The molecule has 0 saturated heterocycles. The van der Waals surface area contributed by atoms with Gasteiger partial charge in [0.25, 0.3) is 0 Å². The van der Waals surface area contributed by atoms with Gasteiger partial charge in [-0.05, 0) is 48.9 Å². The standard InChI is InChI=1S/C26H28F4N2O3S/c1-24(2,27)13-21(22(33)14-25(16-31)11-12-25)32-23(26(28,29)30)20-9-7-19(8-10-20)18-5-3-17(4-6-18)15-36(34)35/h3-10,21,23,32H,11-15H2,1-2H3,(H,34,35)/t21-,23-/m0/s1. The summed E-state index contributed by atoms with van der Waals surface area (Å²) in [4.78, 5) is 12.9. The van der Waals surface area contributed by atoms with Gasteiger partial charge >= 0.3 is 6.18 Å². The van der Waals surface area contributed by atoms with E-state index < -0.39 is 52.6 Å². The van der Waals surface area contributed by atoms with Crippen LogP contribution in [0.4, 0.5) is 17.6 Å². The average Bonchev–Trinajstić information content (AvgIpc) is 3.55. The molecule has 36 heavy (non-hydrogen) atoms. The fraction of sp³-hybridized carbons (Fsp3) is 0.462. The molecule has 0 amide bonds. The van der Waals surface area contributed by atoms with Crippen LogP contribution in [0.1, 0.15) is 56.7 Å². The summed E-state index contributed by atoms with van der Waals surface area (Å²) in [6.07, 6.45) is -4.41. The highest BCUT2D eigenvalue weighted by Crippen LogP contribution is 2.48. The molecule has 1 aliphatic carbocycles. The van der Waals surface area contributed by atoms with Gasteiger partial charge in [-0.15, -0.1) is 0 Å². The van der Waals surface area contributed by atoms with E-state index in [4.69, 9.17) is 4.55 Å². The summed E-state index contributed by atoms with van der Waals surface area (Å²) in [6, 6.07) is 10.8. The van der Waals surface area contributed by atoms with Crippen LogP contribution < -0.4 is 5.32 Å². The van der Waals surface area contributed by atoms with Crippen molar-refractivity contribution in [3.05, 3.63) is 59.7 Å². The van der Waals surface area contributed by atoms with Crippen LogP contribution in [0.15, 0.2) is 48.5 Å². The van der Waals surface area contributed by atoms with Gasteiger partial charge in [-0.25, -0.2) is 8.60 Å². The fourth-order valence-electron chi connectivity index (χ4n) is 4.07. The van der Waals surface area contributed by atoms with Crippen LogP contribution in [0.3, 0.4) is 0 Å². The van der Waals surface area contributed by atoms with Crippen molar-refractivity contribution in [3.63, 3.8) is 0 Å². The maximum absolute atomic E-state index is 14.4. The third kappa shape index (κ3) is 7.69. The number of carbonyl (C=O) groups is 1. The number of nitrogens with zero attached hydrogens (tertiary/aromatic N) is 1. The van der Waals surface area contributed by atoms with Gasteiger partial charge in [-0.1, -0.05) is 48.5 Å². The largest absolute Gasteiger partial charge is 0.407 e. The Labute approximate surface area is 210 Å². The van der Waals surface area contributed by atoms with Crippen LogP contribution in [0.2, 0.25) is 0 Å². The smallest absolute Gasteiger partial charge is 0.306 e. The van der Waals surface area contributed by atoms with Crippen molar-refractivity contribution < 1.29 is 31.1 Å². The molecule has 0 bridgehead atoms. The van der Waals surface area contributed by atoms with Gasteiger partial charge in [-0.3, -0.25) is 10.1 Å². The van der Waals surface area contributed by atoms with Gasteiger partial charge in [0.15, 0.2) is 16.9 Å². The summed E-state index contributed by atoms with van der Waals surface area (Å²) in [5.74, 6) is -0.627. The summed E-state index contributed by atoms with van der Waals surface area (Å²) < 4.78 is 76.6. The lowest BCUT2D eigenvalue weighted by Crippen LogP contribution is -2.47. The van der Waals surface area contributed by atoms with Crippen molar-refractivity contribution >= 4 is 16.9 Å². The van der Waals surface area contributed by atoms with Crippen molar-refractivity contribution in [3.8, 4) is 17.2 Å². The third-order valence-corrected chi connectivity index (χ3v) is 6.78. The Hall–Kier alpha value is -2.61. The number of carbonyl (C=O) groups excluding carboxylic acids is 1. The SMILES string of the molecule is CC(C)(F)C[C@H](N[C@@H](c1ccc(-c2ccc(CS(=O)O)cc2)cc1)C(F)(F)F)C(=O)CC1(C#N)CC1. The Morgan fingerprint density at radius 1 is 1.08 bits per heavy atom. The number of hydrogen-bond acceptors (Lipinski definition) is 4. The van der Waals surface area contributed by atoms with Crippen molar-refractivity contribution in [2.75, 3.05) is 0 Å². The Balaban J connectivity index is 1.83. The van der Waals surface area contributed by atoms with Gasteiger partial charge in [0.05, 0.1) is 23.3 Å². The van der Waals surface area contributed by atoms with Crippen LogP contribution >= 0.6 is 0 Å². The lowest BCUT2D eigenvalue weighted by molar-refractivity contribution is -0.161. The molecule has 3 atom stereocenters. The first-order valence-corrected chi connectivity index (χ1v) is 12.7. The Bertz CT molecular complexity index is 1130. The molecule has 0 heterocycles. The molecule has 10 heteroatoms. The average molecular weight is 525 g/mol. The second-order valence-electron chi connectivity index (χ2n) is 9.94. The van der Waals surface area contributed by atoms with E-state index in [0.717, 1.165) is 0 Å². The Morgan fingerprint density at radius 2 is 1.61 bits per heavy atom. The maximum Gasteiger partial charge on any atom is 0.407 e. The number of rotatable bonds is 11. The first-order chi connectivity index (χ1) is 16.7. The molecule has 194 valence electrons. The highest BCUT2D eigenvalue weighted by atomic mass is 32.2. The fourth-order valence-corrected chi connectivity index (χ4v) is 4.55. The molecule has 1 saturated carbocycles. The molecule has 0 radical (unpaired) electrons.